The number of H-pyrrole nitrogens is 1. The average molecular weight is 350 g/mol. The van der Waals surface area contributed by atoms with E-state index in [-0.39, 0.29) is 5.56 Å². The van der Waals surface area contributed by atoms with Gasteiger partial charge in [0, 0.05) is 15.9 Å². The zero-order valence-electron chi connectivity index (χ0n) is 10.7. The maximum atomic E-state index is 12.0. The van der Waals surface area contributed by atoms with E-state index < -0.39 is 0 Å². The second-order valence-electron chi connectivity index (χ2n) is 4.28. The fourth-order valence-electron chi connectivity index (χ4n) is 1.95. The molecule has 0 saturated heterocycles. The van der Waals surface area contributed by atoms with Crippen molar-refractivity contribution in [3.8, 4) is 10.4 Å². The second-order valence-corrected chi connectivity index (χ2v) is 6.24. The van der Waals surface area contributed by atoms with Crippen LogP contribution in [0.3, 0.4) is 0 Å². The zero-order chi connectivity index (χ0) is 14.1. The molecule has 0 aliphatic carbocycles. The molecule has 1 aromatic carbocycles. The largest absolute Gasteiger partial charge is 0.356 e. The molecule has 4 nitrogen and oxygen atoms in total. The first kappa shape index (κ1) is 13.3. The van der Waals surface area contributed by atoms with Crippen LogP contribution in [0.5, 0.6) is 0 Å². The Bertz CT molecular complexity index is 807. The Hall–Kier alpha value is -1.66. The van der Waals surface area contributed by atoms with Crippen molar-refractivity contribution in [1.29, 1.82) is 0 Å². The summed E-state index contributed by atoms with van der Waals surface area (Å²) >= 11 is 4.88. The summed E-state index contributed by atoms with van der Waals surface area (Å²) < 4.78 is 1.69. The van der Waals surface area contributed by atoms with E-state index >= 15 is 0 Å². The minimum Gasteiger partial charge on any atom is -0.356 e. The van der Waals surface area contributed by atoms with Crippen molar-refractivity contribution in [1.82, 2.24) is 9.97 Å². The summed E-state index contributed by atoms with van der Waals surface area (Å²) in [6.45, 7) is 2.68. The van der Waals surface area contributed by atoms with E-state index in [1.54, 1.807) is 0 Å². The number of halogens is 1. The van der Waals surface area contributed by atoms with E-state index in [2.05, 4.69) is 31.2 Å². The van der Waals surface area contributed by atoms with E-state index in [9.17, 15) is 4.79 Å². The molecule has 0 atom stereocenters. The lowest BCUT2D eigenvalue weighted by Gasteiger charge is -2.00. The number of nitrogens with one attached hydrogen (secondary N) is 2. The molecule has 2 heterocycles. The fraction of sp³-hybridized carbons (Fsp3) is 0.143. The van der Waals surface area contributed by atoms with Crippen molar-refractivity contribution < 1.29 is 0 Å². The van der Waals surface area contributed by atoms with Crippen molar-refractivity contribution >= 4 is 43.4 Å². The first-order valence-corrected chi connectivity index (χ1v) is 7.82. The lowest BCUT2D eigenvalue weighted by atomic mass is 10.2. The molecule has 0 unspecified atom stereocenters. The van der Waals surface area contributed by atoms with E-state index in [0.717, 1.165) is 27.0 Å². The molecule has 3 aromatic rings. The van der Waals surface area contributed by atoms with Crippen LogP contribution in [0, 0.1) is 0 Å². The smallest absolute Gasteiger partial charge is 0.270 e. The molecule has 102 valence electrons. The predicted octanol–water partition coefficient (Wildman–Crippen LogP) is 3.85. The third-order valence-corrected chi connectivity index (χ3v) is 4.56. The highest BCUT2D eigenvalue weighted by atomic mass is 79.9. The molecule has 0 bridgehead atoms. The molecule has 6 heteroatoms. The van der Waals surface area contributed by atoms with Crippen molar-refractivity contribution in [2.45, 2.75) is 6.92 Å². The lowest BCUT2D eigenvalue weighted by Crippen LogP contribution is -2.11. The van der Waals surface area contributed by atoms with Crippen molar-refractivity contribution in [3.63, 3.8) is 0 Å². The maximum Gasteiger partial charge on any atom is 0.270 e. The molecule has 0 saturated carbocycles. The molecule has 0 fully saturated rings. The van der Waals surface area contributed by atoms with Gasteiger partial charge in [0.15, 0.2) is 0 Å². The van der Waals surface area contributed by atoms with Crippen LogP contribution in [0.15, 0.2) is 39.6 Å². The van der Waals surface area contributed by atoms with Gasteiger partial charge in [0.2, 0.25) is 5.95 Å². The number of thiophene rings is 1. The number of aromatic nitrogens is 2. The fourth-order valence-corrected chi connectivity index (χ4v) is 3.21. The topological polar surface area (TPSA) is 57.8 Å². The third kappa shape index (κ3) is 2.48. The molecule has 0 radical (unpaired) electrons. The highest BCUT2D eigenvalue weighted by molar-refractivity contribution is 9.10. The summed E-state index contributed by atoms with van der Waals surface area (Å²) in [4.78, 5) is 20.3. The highest BCUT2D eigenvalue weighted by Gasteiger charge is 2.10. The van der Waals surface area contributed by atoms with Crippen LogP contribution < -0.4 is 10.9 Å². The van der Waals surface area contributed by atoms with Crippen molar-refractivity contribution in [3.05, 3.63) is 45.2 Å². The lowest BCUT2D eigenvalue weighted by molar-refractivity contribution is 1.09. The van der Waals surface area contributed by atoms with E-state index in [1.165, 1.54) is 11.3 Å². The van der Waals surface area contributed by atoms with E-state index in [4.69, 9.17) is 0 Å². The molecular weight excluding hydrogens is 338 g/mol. The SMILES string of the molecule is CCNc1nc2cc(-c3ccc(Br)cc3)sc2c(=O)[nH]1. The van der Waals surface area contributed by atoms with Crippen LogP contribution in [0.1, 0.15) is 6.92 Å². The highest BCUT2D eigenvalue weighted by Crippen LogP contribution is 2.31. The van der Waals surface area contributed by atoms with Gasteiger partial charge in [0.1, 0.15) is 4.70 Å². The standard InChI is InChI=1S/C14H12BrN3OS/c1-2-16-14-17-10-7-11(20-12(10)13(19)18-14)8-3-5-9(15)6-4-8/h3-7H,2H2,1H3,(H2,16,17,18,19). The molecule has 3 rings (SSSR count). The summed E-state index contributed by atoms with van der Waals surface area (Å²) in [6, 6.07) is 9.98. The van der Waals surface area contributed by atoms with Gasteiger partial charge in [-0.25, -0.2) is 4.98 Å². The molecule has 2 N–H and O–H groups in total. The van der Waals surface area contributed by atoms with Crippen LogP contribution in [-0.2, 0) is 0 Å². The number of benzene rings is 1. The van der Waals surface area contributed by atoms with Crippen molar-refractivity contribution in [2.75, 3.05) is 11.9 Å². The Labute approximate surface area is 128 Å². The minimum atomic E-state index is -0.0979. The zero-order valence-corrected chi connectivity index (χ0v) is 13.1. The Morgan fingerprint density at radius 2 is 2.10 bits per heavy atom. The maximum absolute atomic E-state index is 12.0. The first-order valence-electron chi connectivity index (χ1n) is 6.21. The molecule has 0 amide bonds. The molecule has 0 aliphatic rings. The van der Waals surface area contributed by atoms with E-state index in [1.807, 2.05) is 37.3 Å². The number of anilines is 1. The molecule has 0 aliphatic heterocycles. The summed E-state index contributed by atoms with van der Waals surface area (Å²) in [5.41, 5.74) is 1.72. The van der Waals surface area contributed by atoms with Crippen LogP contribution in [0.25, 0.3) is 20.7 Å². The average Bonchev–Trinajstić information content (AvgIpc) is 2.84. The van der Waals surface area contributed by atoms with Gasteiger partial charge in [0.25, 0.3) is 5.56 Å². The molecule has 2 aromatic heterocycles. The van der Waals surface area contributed by atoms with Gasteiger partial charge in [-0.15, -0.1) is 11.3 Å². The van der Waals surface area contributed by atoms with Crippen LogP contribution >= 0.6 is 27.3 Å². The quantitative estimate of drug-likeness (QED) is 0.755. The Balaban J connectivity index is 2.12. The number of hydrogen-bond acceptors (Lipinski definition) is 4. The van der Waals surface area contributed by atoms with E-state index in [0.29, 0.717) is 10.6 Å². The predicted molar refractivity (Wildman–Crippen MR) is 87.5 cm³/mol. The van der Waals surface area contributed by atoms with Gasteiger partial charge < -0.3 is 5.32 Å². The van der Waals surface area contributed by atoms with Crippen LogP contribution in [-0.4, -0.2) is 16.5 Å². The molecule has 20 heavy (non-hydrogen) atoms. The minimum absolute atomic E-state index is 0.0979. The Morgan fingerprint density at radius 1 is 1.35 bits per heavy atom. The Kier molecular flexibility index (Phi) is 3.58. The van der Waals surface area contributed by atoms with Crippen LogP contribution in [0.2, 0.25) is 0 Å². The number of hydrogen-bond donors (Lipinski definition) is 2. The summed E-state index contributed by atoms with van der Waals surface area (Å²) in [7, 11) is 0. The van der Waals surface area contributed by atoms with Gasteiger partial charge >= 0.3 is 0 Å². The second kappa shape index (κ2) is 5.38. The first-order chi connectivity index (χ1) is 9.67. The van der Waals surface area contributed by atoms with Crippen LogP contribution in [0.4, 0.5) is 5.95 Å². The molecular formula is C14H12BrN3OS. The Morgan fingerprint density at radius 3 is 2.80 bits per heavy atom. The third-order valence-electron chi connectivity index (χ3n) is 2.86. The van der Waals surface area contributed by atoms with Gasteiger partial charge in [-0.05, 0) is 30.7 Å². The summed E-state index contributed by atoms with van der Waals surface area (Å²) in [5.74, 6) is 0.519. The summed E-state index contributed by atoms with van der Waals surface area (Å²) in [5, 5.41) is 3.03. The van der Waals surface area contributed by atoms with Gasteiger partial charge in [0.05, 0.1) is 5.52 Å². The number of aromatic amines is 1. The normalized spacial score (nSPS) is 10.9. The summed E-state index contributed by atoms with van der Waals surface area (Å²) in [6.07, 6.45) is 0. The van der Waals surface area contributed by atoms with Gasteiger partial charge in [-0.1, -0.05) is 28.1 Å². The van der Waals surface area contributed by atoms with Gasteiger partial charge in [-0.2, -0.15) is 0 Å². The van der Waals surface area contributed by atoms with Crippen molar-refractivity contribution in [2.24, 2.45) is 0 Å². The molecule has 0 spiro atoms. The number of fused-ring (bicyclic) bond motifs is 1. The number of nitrogens with zero attached hydrogens (tertiary/aromatic N) is 1. The monoisotopic (exact) mass is 349 g/mol. The number of rotatable bonds is 3. The van der Waals surface area contributed by atoms with Gasteiger partial charge in [-0.3, -0.25) is 9.78 Å².